The highest BCUT2D eigenvalue weighted by Crippen LogP contribution is 2.29. The van der Waals surface area contributed by atoms with Crippen molar-refractivity contribution in [3.8, 4) is 0 Å². The van der Waals surface area contributed by atoms with Crippen molar-refractivity contribution in [3.63, 3.8) is 0 Å². The average Bonchev–Trinajstić information content (AvgIpc) is 1.88. The summed E-state index contributed by atoms with van der Waals surface area (Å²) >= 11 is 0. The molecular formula is C7H14O2Si. The molecule has 1 aliphatic rings. The van der Waals surface area contributed by atoms with Gasteiger partial charge < -0.3 is 5.11 Å². The van der Waals surface area contributed by atoms with Gasteiger partial charge in [0.1, 0.15) is 0 Å². The molecule has 3 heteroatoms. The molecule has 0 aromatic heterocycles. The van der Waals surface area contributed by atoms with Crippen molar-refractivity contribution >= 4 is 15.5 Å². The third-order valence-electron chi connectivity index (χ3n) is 2.43. The van der Waals surface area contributed by atoms with Crippen LogP contribution in [0.15, 0.2) is 0 Å². The predicted molar refractivity (Wildman–Crippen MR) is 43.1 cm³/mol. The van der Waals surface area contributed by atoms with E-state index in [0.29, 0.717) is 5.54 Å². The van der Waals surface area contributed by atoms with Crippen molar-refractivity contribution < 1.29 is 9.90 Å². The Morgan fingerprint density at radius 2 is 2.40 bits per heavy atom. The highest BCUT2D eigenvalue weighted by Gasteiger charge is 2.27. The van der Waals surface area contributed by atoms with Gasteiger partial charge in [-0.2, -0.15) is 0 Å². The van der Waals surface area contributed by atoms with Crippen LogP contribution in [0.25, 0.3) is 0 Å². The lowest BCUT2D eigenvalue weighted by atomic mass is 10.00. The van der Waals surface area contributed by atoms with E-state index in [9.17, 15) is 4.79 Å². The monoisotopic (exact) mass is 158 g/mol. The van der Waals surface area contributed by atoms with Crippen LogP contribution in [0.4, 0.5) is 0 Å². The standard InChI is InChI=1S/C7H14O2Si/c1-5-6(7(8)9)3-2-4-10-5/h5-6H,2-4,10H2,1H3,(H,8,9). The maximum Gasteiger partial charge on any atom is 0.306 e. The molecule has 1 fully saturated rings. The van der Waals surface area contributed by atoms with Crippen molar-refractivity contribution in [2.24, 2.45) is 5.92 Å². The van der Waals surface area contributed by atoms with E-state index in [1.807, 2.05) is 0 Å². The summed E-state index contributed by atoms with van der Waals surface area (Å²) in [5, 5.41) is 8.73. The van der Waals surface area contributed by atoms with Gasteiger partial charge in [-0.05, 0) is 12.0 Å². The second kappa shape index (κ2) is 3.19. The van der Waals surface area contributed by atoms with Crippen LogP contribution < -0.4 is 0 Å². The fourth-order valence-corrected chi connectivity index (χ4v) is 3.74. The molecule has 2 atom stereocenters. The third-order valence-corrected chi connectivity index (χ3v) is 4.82. The number of rotatable bonds is 1. The Morgan fingerprint density at radius 3 is 2.80 bits per heavy atom. The Kier molecular flexibility index (Phi) is 2.48. The fraction of sp³-hybridized carbons (Fsp3) is 0.857. The molecule has 0 bridgehead atoms. The smallest absolute Gasteiger partial charge is 0.306 e. The summed E-state index contributed by atoms with van der Waals surface area (Å²) < 4.78 is 0. The van der Waals surface area contributed by atoms with Gasteiger partial charge in [0.05, 0.1) is 5.92 Å². The number of hydrogen-bond donors (Lipinski definition) is 1. The molecule has 1 aliphatic heterocycles. The number of carboxylic acid groups (broad SMARTS) is 1. The Balaban J connectivity index is 2.47. The number of carbonyl (C=O) groups is 1. The molecule has 58 valence electrons. The molecule has 2 nitrogen and oxygen atoms in total. The van der Waals surface area contributed by atoms with E-state index in [4.69, 9.17) is 5.11 Å². The first-order chi connectivity index (χ1) is 4.72. The lowest BCUT2D eigenvalue weighted by Crippen LogP contribution is -2.25. The van der Waals surface area contributed by atoms with Crippen LogP contribution in [0.3, 0.4) is 0 Å². The Bertz CT molecular complexity index is 136. The highest BCUT2D eigenvalue weighted by atomic mass is 28.2. The molecule has 0 aromatic rings. The summed E-state index contributed by atoms with van der Waals surface area (Å²) in [6.07, 6.45) is 2.08. The molecule has 1 rings (SSSR count). The van der Waals surface area contributed by atoms with E-state index in [1.165, 1.54) is 6.04 Å². The Hall–Kier alpha value is -0.313. The second-order valence-electron chi connectivity index (χ2n) is 3.21. The van der Waals surface area contributed by atoms with Gasteiger partial charge in [-0.25, -0.2) is 0 Å². The number of carboxylic acids is 1. The first-order valence-electron chi connectivity index (χ1n) is 3.94. The normalized spacial score (nSPS) is 36.1. The van der Waals surface area contributed by atoms with Gasteiger partial charge in [-0.1, -0.05) is 19.4 Å². The lowest BCUT2D eigenvalue weighted by Gasteiger charge is -2.24. The van der Waals surface area contributed by atoms with Crippen LogP contribution in [-0.2, 0) is 4.79 Å². The summed E-state index contributed by atoms with van der Waals surface area (Å²) in [5.41, 5.74) is 0.534. The van der Waals surface area contributed by atoms with E-state index in [0.717, 1.165) is 12.8 Å². The van der Waals surface area contributed by atoms with Crippen LogP contribution in [0.5, 0.6) is 0 Å². The molecule has 0 radical (unpaired) electrons. The first-order valence-corrected chi connectivity index (χ1v) is 5.76. The molecule has 1 heterocycles. The van der Waals surface area contributed by atoms with E-state index in [2.05, 4.69) is 6.92 Å². The van der Waals surface area contributed by atoms with Crippen molar-refractivity contribution in [1.82, 2.24) is 0 Å². The average molecular weight is 158 g/mol. The van der Waals surface area contributed by atoms with Crippen molar-refractivity contribution in [1.29, 1.82) is 0 Å². The van der Waals surface area contributed by atoms with Crippen LogP contribution in [0, 0.1) is 5.92 Å². The summed E-state index contributed by atoms with van der Waals surface area (Å²) in [6.45, 7) is 2.10. The zero-order chi connectivity index (χ0) is 7.56. The summed E-state index contributed by atoms with van der Waals surface area (Å²) in [7, 11) is -0.0382. The summed E-state index contributed by atoms with van der Waals surface area (Å²) in [5.74, 6) is -0.569. The number of aliphatic carboxylic acids is 1. The van der Waals surface area contributed by atoms with Crippen LogP contribution in [0.1, 0.15) is 19.8 Å². The van der Waals surface area contributed by atoms with Crippen LogP contribution >= 0.6 is 0 Å². The van der Waals surface area contributed by atoms with Gasteiger partial charge >= 0.3 is 5.97 Å². The van der Waals surface area contributed by atoms with Crippen LogP contribution in [-0.4, -0.2) is 20.6 Å². The molecule has 0 amide bonds. The molecule has 2 unspecified atom stereocenters. The first kappa shape index (κ1) is 7.79. The molecule has 0 saturated carbocycles. The topological polar surface area (TPSA) is 37.3 Å². The molecule has 1 N–H and O–H groups in total. The van der Waals surface area contributed by atoms with Gasteiger partial charge in [-0.3, -0.25) is 4.79 Å². The van der Waals surface area contributed by atoms with Crippen molar-refractivity contribution in [2.75, 3.05) is 0 Å². The van der Waals surface area contributed by atoms with E-state index in [1.54, 1.807) is 0 Å². The Morgan fingerprint density at radius 1 is 1.70 bits per heavy atom. The predicted octanol–water partition coefficient (Wildman–Crippen LogP) is 0.877. The van der Waals surface area contributed by atoms with E-state index in [-0.39, 0.29) is 15.4 Å². The second-order valence-corrected chi connectivity index (χ2v) is 5.78. The minimum absolute atomic E-state index is 0.000386. The zero-order valence-corrected chi connectivity index (χ0v) is 7.75. The lowest BCUT2D eigenvalue weighted by molar-refractivity contribution is -0.142. The molecule has 0 aromatic carbocycles. The molecule has 1 saturated heterocycles. The minimum atomic E-state index is -0.570. The maximum atomic E-state index is 10.6. The van der Waals surface area contributed by atoms with Gasteiger partial charge in [0.25, 0.3) is 0 Å². The SMILES string of the molecule is CC1[SiH2]CCCC1C(=O)O. The maximum absolute atomic E-state index is 10.6. The fourth-order valence-electron chi connectivity index (χ4n) is 1.68. The third kappa shape index (κ3) is 1.59. The van der Waals surface area contributed by atoms with E-state index >= 15 is 0 Å². The molecule has 0 aliphatic carbocycles. The molecule has 10 heavy (non-hydrogen) atoms. The van der Waals surface area contributed by atoms with Crippen LogP contribution in [0.2, 0.25) is 11.6 Å². The number of hydrogen-bond acceptors (Lipinski definition) is 1. The zero-order valence-electron chi connectivity index (χ0n) is 6.34. The van der Waals surface area contributed by atoms with Crippen molar-refractivity contribution in [3.05, 3.63) is 0 Å². The van der Waals surface area contributed by atoms with Gasteiger partial charge in [0.15, 0.2) is 0 Å². The van der Waals surface area contributed by atoms with Gasteiger partial charge in [0.2, 0.25) is 0 Å². The highest BCUT2D eigenvalue weighted by molar-refractivity contribution is 6.38. The van der Waals surface area contributed by atoms with E-state index < -0.39 is 5.97 Å². The minimum Gasteiger partial charge on any atom is -0.481 e. The van der Waals surface area contributed by atoms with Gasteiger partial charge in [0, 0.05) is 9.52 Å². The summed E-state index contributed by atoms with van der Waals surface area (Å²) in [4.78, 5) is 10.6. The molecule has 0 spiro atoms. The quantitative estimate of drug-likeness (QED) is 0.575. The Labute approximate surface area is 63.5 Å². The largest absolute Gasteiger partial charge is 0.481 e. The molecular weight excluding hydrogens is 144 g/mol. The van der Waals surface area contributed by atoms with Crippen molar-refractivity contribution in [2.45, 2.75) is 31.4 Å². The van der Waals surface area contributed by atoms with Gasteiger partial charge in [-0.15, -0.1) is 0 Å². The summed E-state index contributed by atoms with van der Waals surface area (Å²) in [6, 6.07) is 1.35.